The Morgan fingerprint density at radius 1 is 0.844 bits per heavy atom. The van der Waals surface area contributed by atoms with Crippen LogP contribution in [0.4, 0.5) is 5.69 Å². The van der Waals surface area contributed by atoms with Gasteiger partial charge in [0.1, 0.15) is 0 Å². The van der Waals surface area contributed by atoms with Crippen LogP contribution in [-0.4, -0.2) is 35.3 Å². The number of nitrogens with one attached hydrogen (secondary N) is 1. The van der Waals surface area contributed by atoms with E-state index in [1.54, 1.807) is 0 Å². The van der Waals surface area contributed by atoms with Crippen molar-refractivity contribution >= 4 is 65.6 Å². The monoisotopic (exact) mass is 712 g/mol. The van der Waals surface area contributed by atoms with Crippen LogP contribution >= 0.6 is 27.5 Å². The van der Waals surface area contributed by atoms with Crippen molar-refractivity contribution in [1.29, 1.82) is 0 Å². The number of halogens is 2. The third-order valence-electron chi connectivity index (χ3n) is 8.19. The lowest BCUT2D eigenvalue weighted by Gasteiger charge is -2.14. The molecule has 1 amide bonds. The van der Waals surface area contributed by atoms with Crippen LogP contribution < -0.4 is 5.32 Å². The van der Waals surface area contributed by atoms with Crippen molar-refractivity contribution in [2.45, 2.75) is 80.9 Å². The Balaban J connectivity index is 1.39. The molecule has 0 aliphatic rings. The molecule has 0 saturated carbocycles. The number of benzene rings is 3. The Labute approximate surface area is 280 Å². The van der Waals surface area contributed by atoms with Gasteiger partial charge < -0.3 is 9.88 Å². The number of fused-ring (bicyclic) bond motifs is 1. The number of unbranched alkanes of at least 4 members (excludes halogenated alkanes) is 9. The standard InChI is InChI=1S/C36H42BrClN2O4S/c1-3-4-5-6-7-8-9-10-11-17-24-45(43,44)27-22-23-30(29(38)25-27)39-36(42)33(37)35(41)32-28-20-15-16-21-31(28)40(2)34(32)26-18-13-12-14-19-26/h12-16,18-23,25,33H,3-11,17,24H2,1-2H3,(H,39,42). The first kappa shape index (κ1) is 34.9. The van der Waals surface area contributed by atoms with Gasteiger partial charge in [-0.25, -0.2) is 8.42 Å². The van der Waals surface area contributed by atoms with E-state index in [1.165, 1.54) is 56.7 Å². The summed E-state index contributed by atoms with van der Waals surface area (Å²) < 4.78 is 27.9. The van der Waals surface area contributed by atoms with Crippen LogP contribution in [0.5, 0.6) is 0 Å². The minimum atomic E-state index is -3.51. The molecule has 0 aliphatic carbocycles. The number of hydrogen-bond donors (Lipinski definition) is 1. The van der Waals surface area contributed by atoms with Gasteiger partial charge in [-0.05, 0) is 36.2 Å². The number of ketones is 1. The Bertz CT molecular complexity index is 1720. The highest BCUT2D eigenvalue weighted by Gasteiger charge is 2.31. The maximum absolute atomic E-state index is 13.9. The number of amides is 1. The molecule has 3 aromatic carbocycles. The molecule has 4 rings (SSSR count). The molecular weight excluding hydrogens is 672 g/mol. The molecule has 1 unspecified atom stereocenters. The van der Waals surface area contributed by atoms with E-state index < -0.39 is 26.4 Å². The molecule has 1 N–H and O–H groups in total. The summed E-state index contributed by atoms with van der Waals surface area (Å²) in [5.74, 6) is -0.942. The fraction of sp³-hybridized carbons (Fsp3) is 0.389. The highest BCUT2D eigenvalue weighted by atomic mass is 79.9. The molecule has 4 aromatic rings. The van der Waals surface area contributed by atoms with Crippen LogP contribution in [-0.2, 0) is 21.7 Å². The third-order valence-corrected chi connectivity index (χ3v) is 11.1. The summed E-state index contributed by atoms with van der Waals surface area (Å²) in [7, 11) is -1.61. The summed E-state index contributed by atoms with van der Waals surface area (Å²) in [5, 5.41) is 3.54. The molecule has 0 fully saturated rings. The van der Waals surface area contributed by atoms with Gasteiger partial charge in [-0.15, -0.1) is 0 Å². The van der Waals surface area contributed by atoms with Crippen LogP contribution in [0.3, 0.4) is 0 Å². The van der Waals surface area contributed by atoms with Gasteiger partial charge in [-0.1, -0.05) is 141 Å². The first-order valence-corrected chi connectivity index (χ1v) is 18.7. The lowest BCUT2D eigenvalue weighted by Crippen LogP contribution is -2.30. The third kappa shape index (κ3) is 8.87. The van der Waals surface area contributed by atoms with Crippen molar-refractivity contribution in [3.63, 3.8) is 0 Å². The predicted molar refractivity (Wildman–Crippen MR) is 189 cm³/mol. The number of Topliss-reactive ketones (excluding diaryl/α,β-unsaturated/α-hetero) is 1. The Morgan fingerprint density at radius 3 is 2.09 bits per heavy atom. The van der Waals surface area contributed by atoms with Gasteiger partial charge in [-0.2, -0.15) is 0 Å². The number of para-hydroxylation sites is 1. The summed E-state index contributed by atoms with van der Waals surface area (Å²) in [6.45, 7) is 2.22. The largest absolute Gasteiger partial charge is 0.343 e. The quantitative estimate of drug-likeness (QED) is 0.0511. The van der Waals surface area contributed by atoms with Gasteiger partial charge in [-0.3, -0.25) is 9.59 Å². The smallest absolute Gasteiger partial charge is 0.246 e. The summed E-state index contributed by atoms with van der Waals surface area (Å²) in [4.78, 5) is 26.1. The molecule has 0 radical (unpaired) electrons. The van der Waals surface area contributed by atoms with Crippen LogP contribution in [0.2, 0.25) is 5.02 Å². The fourth-order valence-electron chi connectivity index (χ4n) is 5.71. The van der Waals surface area contributed by atoms with E-state index in [0.717, 1.165) is 35.7 Å². The number of alkyl halides is 1. The molecule has 9 heteroatoms. The molecule has 6 nitrogen and oxygen atoms in total. The number of aromatic nitrogens is 1. The topological polar surface area (TPSA) is 85.2 Å². The van der Waals surface area contributed by atoms with E-state index in [-0.39, 0.29) is 21.4 Å². The summed E-state index contributed by atoms with van der Waals surface area (Å²) in [5.41, 5.74) is 3.12. The van der Waals surface area contributed by atoms with Crippen molar-refractivity contribution in [2.24, 2.45) is 7.05 Å². The zero-order valence-corrected chi connectivity index (χ0v) is 29.2. The number of rotatable bonds is 17. The lowest BCUT2D eigenvalue weighted by atomic mass is 9.99. The van der Waals surface area contributed by atoms with Crippen LogP contribution in [0.1, 0.15) is 81.5 Å². The van der Waals surface area contributed by atoms with Gasteiger partial charge in [0, 0.05) is 18.0 Å². The maximum Gasteiger partial charge on any atom is 0.246 e. The van der Waals surface area contributed by atoms with E-state index in [1.807, 2.05) is 66.2 Å². The number of nitrogens with zero attached hydrogens (tertiary/aromatic N) is 1. The minimum absolute atomic E-state index is 0.0539. The van der Waals surface area contributed by atoms with Gasteiger partial charge >= 0.3 is 0 Å². The minimum Gasteiger partial charge on any atom is -0.343 e. The van der Waals surface area contributed by atoms with Crippen molar-refractivity contribution in [3.05, 3.63) is 83.4 Å². The average Bonchev–Trinajstić information content (AvgIpc) is 3.34. The second kappa shape index (κ2) is 16.6. The zero-order chi connectivity index (χ0) is 32.4. The summed E-state index contributed by atoms with van der Waals surface area (Å²) in [6, 6.07) is 21.5. The van der Waals surface area contributed by atoms with Crippen molar-refractivity contribution in [3.8, 4) is 11.3 Å². The maximum atomic E-state index is 13.9. The van der Waals surface area contributed by atoms with E-state index in [9.17, 15) is 18.0 Å². The van der Waals surface area contributed by atoms with E-state index in [2.05, 4.69) is 28.2 Å². The summed E-state index contributed by atoms with van der Waals surface area (Å²) in [6.07, 6.45) is 11.2. The summed E-state index contributed by atoms with van der Waals surface area (Å²) >= 11 is 9.78. The van der Waals surface area contributed by atoms with Gasteiger partial charge in [0.2, 0.25) is 5.91 Å². The van der Waals surface area contributed by atoms with Crippen molar-refractivity contribution in [1.82, 2.24) is 4.57 Å². The van der Waals surface area contributed by atoms with E-state index in [4.69, 9.17) is 11.6 Å². The number of carbonyl (C=O) groups is 2. The molecule has 1 heterocycles. The van der Waals surface area contributed by atoms with Crippen molar-refractivity contribution in [2.75, 3.05) is 11.1 Å². The highest BCUT2D eigenvalue weighted by molar-refractivity contribution is 9.10. The van der Waals surface area contributed by atoms with E-state index in [0.29, 0.717) is 17.7 Å². The molecular formula is C36H42BrClN2O4S. The second-order valence-electron chi connectivity index (χ2n) is 11.5. The molecule has 1 aromatic heterocycles. The predicted octanol–water partition coefficient (Wildman–Crippen LogP) is 9.78. The molecule has 0 aliphatic heterocycles. The Kier molecular flexibility index (Phi) is 12.9. The number of carbonyl (C=O) groups excluding carboxylic acids is 2. The molecule has 0 saturated heterocycles. The number of aryl methyl sites for hydroxylation is 1. The molecule has 45 heavy (non-hydrogen) atoms. The SMILES string of the molecule is CCCCCCCCCCCCS(=O)(=O)c1ccc(NC(=O)C(Br)C(=O)c2c(-c3ccccc3)n(C)c3ccccc23)c(Cl)c1. The zero-order valence-electron chi connectivity index (χ0n) is 26.0. The van der Waals surface area contributed by atoms with E-state index >= 15 is 0 Å². The number of anilines is 1. The Morgan fingerprint density at radius 2 is 1.44 bits per heavy atom. The molecule has 0 bridgehead atoms. The van der Waals surface area contributed by atoms with Crippen LogP contribution in [0.25, 0.3) is 22.2 Å². The normalized spacial score (nSPS) is 12.4. The van der Waals surface area contributed by atoms with Crippen LogP contribution in [0.15, 0.2) is 77.7 Å². The average molecular weight is 714 g/mol. The second-order valence-corrected chi connectivity index (χ2v) is 15.0. The van der Waals surface area contributed by atoms with Crippen molar-refractivity contribution < 1.29 is 18.0 Å². The Hall–Kier alpha value is -2.94. The molecule has 240 valence electrons. The lowest BCUT2D eigenvalue weighted by molar-refractivity contribution is -0.114. The fourth-order valence-corrected chi connectivity index (χ4v) is 7.74. The van der Waals surface area contributed by atoms with Gasteiger partial charge in [0.25, 0.3) is 0 Å². The highest BCUT2D eigenvalue weighted by Crippen LogP contribution is 2.35. The first-order valence-electron chi connectivity index (χ1n) is 15.8. The van der Waals surface area contributed by atoms with Crippen LogP contribution in [0, 0.1) is 0 Å². The number of hydrogen-bond acceptors (Lipinski definition) is 4. The number of sulfone groups is 1. The van der Waals surface area contributed by atoms with Gasteiger partial charge in [0.05, 0.1) is 32.6 Å². The first-order chi connectivity index (χ1) is 21.7. The molecule has 0 spiro atoms. The molecule has 1 atom stereocenters. The van der Waals surface area contributed by atoms with Gasteiger partial charge in [0.15, 0.2) is 20.4 Å².